The number of rotatable bonds is 7. The van der Waals surface area contributed by atoms with Crippen LogP contribution < -0.4 is 4.74 Å². The number of hydrogen-bond acceptors (Lipinski definition) is 3. The lowest BCUT2D eigenvalue weighted by Crippen LogP contribution is -2.12. The molecule has 2 aromatic rings. The number of hydrogen-bond donors (Lipinski definition) is 0. The molecule has 0 aromatic heterocycles. The van der Waals surface area contributed by atoms with Crippen molar-refractivity contribution in [3.05, 3.63) is 65.7 Å². The van der Waals surface area contributed by atoms with Gasteiger partial charge in [0.15, 0.2) is 0 Å². The summed E-state index contributed by atoms with van der Waals surface area (Å²) in [4.78, 5) is 23.8. The Hall–Kier alpha value is -2.42. The summed E-state index contributed by atoms with van der Waals surface area (Å²) >= 11 is 0. The molecule has 0 bridgehead atoms. The van der Waals surface area contributed by atoms with Crippen LogP contribution in [-0.2, 0) is 22.4 Å². The molecule has 2 rings (SSSR count). The minimum absolute atomic E-state index is 0.0130. The van der Waals surface area contributed by atoms with E-state index in [0.717, 1.165) is 16.9 Å². The first-order chi connectivity index (χ1) is 10.2. The molecule has 0 saturated carbocycles. The Labute approximate surface area is 124 Å². The molecule has 0 aliphatic carbocycles. The van der Waals surface area contributed by atoms with E-state index in [-0.39, 0.29) is 24.4 Å². The van der Waals surface area contributed by atoms with E-state index in [4.69, 9.17) is 4.74 Å². The van der Waals surface area contributed by atoms with Gasteiger partial charge in [0.25, 0.3) is 0 Å². The third-order valence-electron chi connectivity index (χ3n) is 3.20. The highest BCUT2D eigenvalue weighted by atomic mass is 16.5. The van der Waals surface area contributed by atoms with Gasteiger partial charge in [-0.2, -0.15) is 0 Å². The van der Waals surface area contributed by atoms with Crippen LogP contribution in [0.5, 0.6) is 5.75 Å². The van der Waals surface area contributed by atoms with Crippen molar-refractivity contribution < 1.29 is 14.3 Å². The molecule has 0 radical (unpaired) electrons. The summed E-state index contributed by atoms with van der Waals surface area (Å²) in [6.07, 6.45) is 0.584. The highest BCUT2D eigenvalue weighted by molar-refractivity contribution is 6.00. The molecule has 0 amide bonds. The van der Waals surface area contributed by atoms with Crippen molar-refractivity contribution in [3.63, 3.8) is 0 Å². The number of carbonyl (C=O) groups is 2. The summed E-state index contributed by atoms with van der Waals surface area (Å²) in [5.41, 5.74) is 1.84. The third kappa shape index (κ3) is 4.88. The number of ether oxygens (including phenoxy) is 1. The zero-order chi connectivity index (χ0) is 15.1. The van der Waals surface area contributed by atoms with E-state index in [1.165, 1.54) is 0 Å². The maximum absolute atomic E-state index is 11.9. The highest BCUT2D eigenvalue weighted by Crippen LogP contribution is 2.12. The Balaban J connectivity index is 1.84. The van der Waals surface area contributed by atoms with Crippen LogP contribution in [0.3, 0.4) is 0 Å². The van der Waals surface area contributed by atoms with Gasteiger partial charge in [-0.15, -0.1) is 0 Å². The van der Waals surface area contributed by atoms with Crippen LogP contribution in [0.1, 0.15) is 17.5 Å². The Morgan fingerprint density at radius 1 is 0.810 bits per heavy atom. The highest BCUT2D eigenvalue weighted by Gasteiger charge is 2.11. The zero-order valence-electron chi connectivity index (χ0n) is 12.0. The van der Waals surface area contributed by atoms with Crippen LogP contribution in [0.4, 0.5) is 0 Å². The van der Waals surface area contributed by atoms with E-state index < -0.39 is 0 Å². The van der Waals surface area contributed by atoms with E-state index in [1.807, 2.05) is 54.6 Å². The first-order valence-electron chi connectivity index (χ1n) is 6.87. The number of carbonyl (C=O) groups excluding carboxylic acids is 2. The smallest absolute Gasteiger partial charge is 0.144 e. The summed E-state index contributed by atoms with van der Waals surface area (Å²) in [6.45, 7) is 0. The van der Waals surface area contributed by atoms with E-state index in [2.05, 4.69) is 0 Å². The Bertz CT molecular complexity index is 600. The molecule has 0 atom stereocenters. The molecule has 0 saturated heterocycles. The molecule has 0 N–H and O–H groups in total. The van der Waals surface area contributed by atoms with E-state index >= 15 is 0 Å². The Kier molecular flexibility index (Phi) is 5.27. The topological polar surface area (TPSA) is 43.4 Å². The summed E-state index contributed by atoms with van der Waals surface area (Å²) in [7, 11) is 1.60. The molecular weight excluding hydrogens is 264 g/mol. The molecular formula is C18H18O3. The van der Waals surface area contributed by atoms with Gasteiger partial charge in [-0.3, -0.25) is 9.59 Å². The monoisotopic (exact) mass is 282 g/mol. The number of Topliss-reactive ketones (excluding diaryl/α,β-unsaturated/α-hetero) is 2. The second-order valence-corrected chi connectivity index (χ2v) is 4.94. The molecule has 0 spiro atoms. The van der Waals surface area contributed by atoms with Crippen molar-refractivity contribution in [2.75, 3.05) is 7.11 Å². The summed E-state index contributed by atoms with van der Waals surface area (Å²) in [6, 6.07) is 16.8. The maximum atomic E-state index is 11.9. The molecule has 0 unspecified atom stereocenters. The molecule has 0 aliphatic rings. The Morgan fingerprint density at radius 3 is 1.86 bits per heavy atom. The van der Waals surface area contributed by atoms with Gasteiger partial charge in [-0.25, -0.2) is 0 Å². The van der Waals surface area contributed by atoms with Gasteiger partial charge in [0.1, 0.15) is 17.3 Å². The fourth-order valence-corrected chi connectivity index (χ4v) is 2.14. The molecule has 21 heavy (non-hydrogen) atoms. The average molecular weight is 282 g/mol. The van der Waals surface area contributed by atoms with Gasteiger partial charge in [0.05, 0.1) is 13.5 Å². The quantitative estimate of drug-likeness (QED) is 0.733. The van der Waals surface area contributed by atoms with Gasteiger partial charge in [0.2, 0.25) is 0 Å². The fourth-order valence-electron chi connectivity index (χ4n) is 2.14. The number of ketones is 2. The Morgan fingerprint density at radius 2 is 1.33 bits per heavy atom. The predicted molar refractivity (Wildman–Crippen MR) is 81.5 cm³/mol. The third-order valence-corrected chi connectivity index (χ3v) is 3.20. The molecule has 0 fully saturated rings. The van der Waals surface area contributed by atoms with Gasteiger partial charge in [-0.1, -0.05) is 42.5 Å². The van der Waals surface area contributed by atoms with Crippen molar-refractivity contribution in [1.82, 2.24) is 0 Å². The van der Waals surface area contributed by atoms with Crippen LogP contribution in [0, 0.1) is 0 Å². The van der Waals surface area contributed by atoms with Crippen molar-refractivity contribution in [2.45, 2.75) is 19.3 Å². The van der Waals surface area contributed by atoms with Crippen LogP contribution in [-0.4, -0.2) is 18.7 Å². The lowest BCUT2D eigenvalue weighted by molar-refractivity contribution is -0.126. The second kappa shape index (κ2) is 7.39. The number of benzene rings is 2. The van der Waals surface area contributed by atoms with Crippen molar-refractivity contribution in [3.8, 4) is 5.75 Å². The summed E-state index contributed by atoms with van der Waals surface area (Å²) in [5.74, 6) is 0.659. The van der Waals surface area contributed by atoms with Crippen LogP contribution >= 0.6 is 0 Å². The largest absolute Gasteiger partial charge is 0.497 e. The fraction of sp³-hybridized carbons (Fsp3) is 0.222. The zero-order valence-corrected chi connectivity index (χ0v) is 12.0. The van der Waals surface area contributed by atoms with Crippen LogP contribution in [0.2, 0.25) is 0 Å². The first kappa shape index (κ1) is 15.0. The average Bonchev–Trinajstić information content (AvgIpc) is 2.48. The van der Waals surface area contributed by atoms with Crippen molar-refractivity contribution in [2.24, 2.45) is 0 Å². The minimum Gasteiger partial charge on any atom is -0.497 e. The molecule has 0 aliphatic heterocycles. The van der Waals surface area contributed by atoms with Gasteiger partial charge >= 0.3 is 0 Å². The van der Waals surface area contributed by atoms with Gasteiger partial charge in [-0.05, 0) is 23.3 Å². The van der Waals surface area contributed by atoms with Crippen LogP contribution in [0.25, 0.3) is 0 Å². The standard InChI is InChI=1S/C18H18O3/c1-21-18-9-7-15(8-10-18)12-17(20)13-16(19)11-14-5-3-2-4-6-14/h2-10H,11-13H2,1H3. The lowest BCUT2D eigenvalue weighted by Gasteiger charge is -2.03. The van der Waals surface area contributed by atoms with E-state index in [0.29, 0.717) is 6.42 Å². The van der Waals surface area contributed by atoms with E-state index in [9.17, 15) is 9.59 Å². The second-order valence-electron chi connectivity index (χ2n) is 4.94. The number of methoxy groups -OCH3 is 1. The molecule has 3 nitrogen and oxygen atoms in total. The first-order valence-corrected chi connectivity index (χ1v) is 6.87. The minimum atomic E-state index is -0.0545. The molecule has 108 valence electrons. The normalized spacial score (nSPS) is 10.1. The summed E-state index contributed by atoms with van der Waals surface area (Å²) < 4.78 is 5.07. The molecule has 3 heteroatoms. The SMILES string of the molecule is COc1ccc(CC(=O)CC(=O)Cc2ccccc2)cc1. The van der Waals surface area contributed by atoms with Gasteiger partial charge in [0, 0.05) is 12.8 Å². The molecule has 2 aromatic carbocycles. The van der Waals surface area contributed by atoms with Gasteiger partial charge < -0.3 is 4.74 Å². The van der Waals surface area contributed by atoms with Crippen molar-refractivity contribution >= 4 is 11.6 Å². The molecule has 0 heterocycles. The predicted octanol–water partition coefficient (Wildman–Crippen LogP) is 3.01. The van der Waals surface area contributed by atoms with Crippen molar-refractivity contribution in [1.29, 1.82) is 0 Å². The van der Waals surface area contributed by atoms with E-state index in [1.54, 1.807) is 7.11 Å². The lowest BCUT2D eigenvalue weighted by atomic mass is 10.0. The van der Waals surface area contributed by atoms with Crippen LogP contribution in [0.15, 0.2) is 54.6 Å². The maximum Gasteiger partial charge on any atom is 0.144 e. The summed E-state index contributed by atoms with van der Waals surface area (Å²) in [5, 5.41) is 0.